The first-order valence-corrected chi connectivity index (χ1v) is 6.15. The molecule has 0 fully saturated rings. The monoisotopic (exact) mass is 254 g/mol. The molecule has 0 aliphatic rings. The molecule has 0 heterocycles. The highest BCUT2D eigenvalue weighted by atomic mass is 35.5. The van der Waals surface area contributed by atoms with E-state index in [1.54, 1.807) is 12.1 Å². The number of nitrogens with one attached hydrogen (secondary N) is 2. The van der Waals surface area contributed by atoms with Crippen molar-refractivity contribution in [2.24, 2.45) is 5.92 Å². The summed E-state index contributed by atoms with van der Waals surface area (Å²) < 4.78 is 0. The normalized spacial score (nSPS) is 12.3. The Kier molecular flexibility index (Phi) is 5.29. The summed E-state index contributed by atoms with van der Waals surface area (Å²) in [4.78, 5) is 11.6. The van der Waals surface area contributed by atoms with Crippen molar-refractivity contribution < 1.29 is 4.79 Å². The van der Waals surface area contributed by atoms with Crippen LogP contribution in [0.1, 0.15) is 20.8 Å². The van der Waals surface area contributed by atoms with Crippen molar-refractivity contribution in [2.45, 2.75) is 26.8 Å². The molecular weight excluding hydrogens is 236 g/mol. The van der Waals surface area contributed by atoms with Gasteiger partial charge in [0, 0.05) is 16.8 Å². The molecule has 1 aromatic carbocycles. The van der Waals surface area contributed by atoms with E-state index in [2.05, 4.69) is 24.5 Å². The molecule has 4 heteroatoms. The van der Waals surface area contributed by atoms with Crippen LogP contribution in [0.2, 0.25) is 5.02 Å². The maximum absolute atomic E-state index is 11.6. The number of hydrogen-bond donors (Lipinski definition) is 2. The molecule has 1 rings (SSSR count). The van der Waals surface area contributed by atoms with Crippen LogP contribution in [0.15, 0.2) is 24.3 Å². The molecule has 1 aromatic rings. The van der Waals surface area contributed by atoms with Crippen LogP contribution in [0.5, 0.6) is 0 Å². The minimum absolute atomic E-state index is 0.00817. The molecule has 2 N–H and O–H groups in total. The topological polar surface area (TPSA) is 41.1 Å². The number of amides is 1. The van der Waals surface area contributed by atoms with Crippen LogP contribution in [0.3, 0.4) is 0 Å². The summed E-state index contributed by atoms with van der Waals surface area (Å²) in [6, 6.07) is 7.50. The highest BCUT2D eigenvalue weighted by Crippen LogP contribution is 2.14. The van der Waals surface area contributed by atoms with E-state index in [4.69, 9.17) is 11.6 Å². The summed E-state index contributed by atoms with van der Waals surface area (Å²) in [6.45, 7) is 6.42. The predicted molar refractivity (Wildman–Crippen MR) is 72.4 cm³/mol. The summed E-state index contributed by atoms with van der Waals surface area (Å²) in [5.74, 6) is 0.427. The average Bonchev–Trinajstić information content (AvgIpc) is 2.26. The fourth-order valence-corrected chi connectivity index (χ4v) is 1.44. The molecular formula is C13H19ClN2O. The maximum Gasteiger partial charge on any atom is 0.239 e. The van der Waals surface area contributed by atoms with Gasteiger partial charge in [0.05, 0.1) is 6.54 Å². The van der Waals surface area contributed by atoms with Crippen molar-refractivity contribution in [1.29, 1.82) is 0 Å². The number of carbonyl (C=O) groups is 1. The van der Waals surface area contributed by atoms with Gasteiger partial charge in [-0.2, -0.15) is 0 Å². The Labute approximate surface area is 108 Å². The molecule has 1 unspecified atom stereocenters. The van der Waals surface area contributed by atoms with Crippen molar-refractivity contribution in [3.8, 4) is 0 Å². The van der Waals surface area contributed by atoms with Gasteiger partial charge in [0.1, 0.15) is 0 Å². The van der Waals surface area contributed by atoms with Crippen LogP contribution in [0, 0.1) is 5.92 Å². The van der Waals surface area contributed by atoms with E-state index in [9.17, 15) is 4.79 Å². The van der Waals surface area contributed by atoms with Crippen LogP contribution in [-0.4, -0.2) is 18.5 Å². The Morgan fingerprint density at radius 2 is 2.06 bits per heavy atom. The minimum Gasteiger partial charge on any atom is -0.376 e. The zero-order valence-corrected chi connectivity index (χ0v) is 11.2. The molecule has 1 atom stereocenters. The van der Waals surface area contributed by atoms with Crippen molar-refractivity contribution in [3.05, 3.63) is 29.3 Å². The average molecular weight is 255 g/mol. The first-order chi connectivity index (χ1) is 7.99. The molecule has 17 heavy (non-hydrogen) atoms. The third kappa shape index (κ3) is 5.09. The largest absolute Gasteiger partial charge is 0.376 e. The Morgan fingerprint density at radius 3 is 2.65 bits per heavy atom. The molecule has 1 amide bonds. The zero-order valence-electron chi connectivity index (χ0n) is 10.5. The molecule has 0 saturated carbocycles. The fourth-order valence-electron chi connectivity index (χ4n) is 1.25. The van der Waals surface area contributed by atoms with Crippen molar-refractivity contribution >= 4 is 23.2 Å². The Morgan fingerprint density at radius 1 is 1.35 bits per heavy atom. The van der Waals surface area contributed by atoms with E-state index in [1.165, 1.54) is 0 Å². The number of rotatable bonds is 5. The summed E-state index contributed by atoms with van der Waals surface area (Å²) >= 11 is 5.85. The van der Waals surface area contributed by atoms with Crippen LogP contribution >= 0.6 is 11.6 Å². The zero-order chi connectivity index (χ0) is 12.8. The Hall–Kier alpha value is -1.22. The van der Waals surface area contributed by atoms with Crippen molar-refractivity contribution in [3.63, 3.8) is 0 Å². The number of carbonyl (C=O) groups excluding carboxylic acids is 1. The second-order valence-electron chi connectivity index (χ2n) is 4.46. The molecule has 94 valence electrons. The molecule has 3 nitrogen and oxygen atoms in total. The molecule has 0 aliphatic heterocycles. The van der Waals surface area contributed by atoms with E-state index in [1.807, 2.05) is 19.1 Å². The van der Waals surface area contributed by atoms with Gasteiger partial charge in [-0.15, -0.1) is 0 Å². The third-order valence-electron chi connectivity index (χ3n) is 2.67. The second kappa shape index (κ2) is 6.50. The number of anilines is 1. The smallest absolute Gasteiger partial charge is 0.239 e. The summed E-state index contributed by atoms with van der Waals surface area (Å²) in [6.07, 6.45) is 0. The van der Waals surface area contributed by atoms with Gasteiger partial charge in [-0.05, 0) is 31.0 Å². The van der Waals surface area contributed by atoms with Gasteiger partial charge in [0.15, 0.2) is 0 Å². The van der Waals surface area contributed by atoms with Crippen LogP contribution in [0.4, 0.5) is 5.69 Å². The maximum atomic E-state index is 11.6. The van der Waals surface area contributed by atoms with E-state index >= 15 is 0 Å². The lowest BCUT2D eigenvalue weighted by Crippen LogP contribution is -2.39. The standard InChI is InChI=1S/C13H19ClN2O/c1-9(2)10(3)16-13(17)8-15-12-6-4-5-11(14)7-12/h4-7,9-10,15H,8H2,1-3H3,(H,16,17). The Bertz CT molecular complexity index is 379. The molecule has 0 spiro atoms. The van der Waals surface area contributed by atoms with Gasteiger partial charge in [0.2, 0.25) is 5.91 Å². The van der Waals surface area contributed by atoms with Gasteiger partial charge in [0.25, 0.3) is 0 Å². The highest BCUT2D eigenvalue weighted by Gasteiger charge is 2.10. The first-order valence-electron chi connectivity index (χ1n) is 5.78. The highest BCUT2D eigenvalue weighted by molar-refractivity contribution is 6.30. The van der Waals surface area contributed by atoms with E-state index in [0.29, 0.717) is 10.9 Å². The lowest BCUT2D eigenvalue weighted by molar-refractivity contribution is -0.120. The Balaban J connectivity index is 2.38. The quantitative estimate of drug-likeness (QED) is 0.848. The fraction of sp³-hybridized carbons (Fsp3) is 0.462. The molecule has 0 bridgehead atoms. The molecule has 0 saturated heterocycles. The van der Waals surface area contributed by atoms with E-state index < -0.39 is 0 Å². The van der Waals surface area contributed by atoms with Crippen LogP contribution in [-0.2, 0) is 4.79 Å². The second-order valence-corrected chi connectivity index (χ2v) is 4.90. The predicted octanol–water partition coefficient (Wildman–Crippen LogP) is 2.91. The summed E-state index contributed by atoms with van der Waals surface area (Å²) in [7, 11) is 0. The number of halogens is 1. The van der Waals surface area contributed by atoms with E-state index in [-0.39, 0.29) is 18.5 Å². The SMILES string of the molecule is CC(C)C(C)NC(=O)CNc1cccc(Cl)c1. The van der Waals surface area contributed by atoms with Gasteiger partial charge in [-0.3, -0.25) is 4.79 Å². The lowest BCUT2D eigenvalue weighted by Gasteiger charge is -2.17. The van der Waals surface area contributed by atoms with Crippen molar-refractivity contribution in [2.75, 3.05) is 11.9 Å². The van der Waals surface area contributed by atoms with Gasteiger partial charge in [-0.25, -0.2) is 0 Å². The van der Waals surface area contributed by atoms with Gasteiger partial charge < -0.3 is 10.6 Å². The molecule has 0 aliphatic carbocycles. The van der Waals surface area contributed by atoms with E-state index in [0.717, 1.165) is 5.69 Å². The summed E-state index contributed by atoms with van der Waals surface area (Å²) in [5.41, 5.74) is 0.852. The van der Waals surface area contributed by atoms with Gasteiger partial charge in [-0.1, -0.05) is 31.5 Å². The lowest BCUT2D eigenvalue weighted by atomic mass is 10.1. The summed E-state index contributed by atoms with van der Waals surface area (Å²) in [5, 5.41) is 6.62. The van der Waals surface area contributed by atoms with Crippen molar-refractivity contribution in [1.82, 2.24) is 5.32 Å². The number of hydrogen-bond acceptors (Lipinski definition) is 2. The molecule has 0 radical (unpaired) electrons. The first kappa shape index (κ1) is 13.8. The molecule has 0 aromatic heterocycles. The van der Waals surface area contributed by atoms with Gasteiger partial charge >= 0.3 is 0 Å². The van der Waals surface area contributed by atoms with Crippen LogP contribution < -0.4 is 10.6 Å². The van der Waals surface area contributed by atoms with Crippen LogP contribution in [0.25, 0.3) is 0 Å². The third-order valence-corrected chi connectivity index (χ3v) is 2.90. The number of benzene rings is 1. The minimum atomic E-state index is -0.00817.